The Balaban J connectivity index is 0.00000200. The fourth-order valence-corrected chi connectivity index (χ4v) is 1.49. The molecule has 0 fully saturated rings. The summed E-state index contributed by atoms with van der Waals surface area (Å²) in [6.07, 6.45) is 2.42. The average Bonchev–Trinajstić information content (AvgIpc) is 2.46. The monoisotopic (exact) mass is 275 g/mol. The quantitative estimate of drug-likeness (QED) is 0.392. The fraction of sp³-hybridized carbons (Fsp3) is 0. The summed E-state index contributed by atoms with van der Waals surface area (Å²) in [7, 11) is 0. The first-order valence-corrected chi connectivity index (χ1v) is 5.60. The molecule has 5 heteroatoms. The first-order chi connectivity index (χ1) is 9.19. The molecule has 4 nitrogen and oxygen atoms in total. The van der Waals surface area contributed by atoms with Gasteiger partial charge in [-0.25, -0.2) is 0 Å². The van der Waals surface area contributed by atoms with Crippen molar-refractivity contribution in [2.45, 2.75) is 0 Å². The van der Waals surface area contributed by atoms with Gasteiger partial charge < -0.3 is 9.90 Å². The number of aliphatic imine (C=N–C) groups is 1. The molecule has 0 saturated carbocycles. The van der Waals surface area contributed by atoms with E-state index in [0.29, 0.717) is 11.3 Å². The topological polar surface area (TPSA) is 69.6 Å². The molecule has 20 heavy (non-hydrogen) atoms. The second kappa shape index (κ2) is 7.75. The van der Waals surface area contributed by atoms with Crippen molar-refractivity contribution in [3.05, 3.63) is 65.2 Å². The van der Waals surface area contributed by atoms with Gasteiger partial charge in [0.15, 0.2) is 0 Å². The summed E-state index contributed by atoms with van der Waals surface area (Å²) >= 11 is 0. The number of nitrogens with zero attached hydrogens (tertiary/aromatic N) is 1. The van der Waals surface area contributed by atoms with E-state index in [1.54, 1.807) is 42.6 Å². The van der Waals surface area contributed by atoms with Crippen LogP contribution in [0.25, 0.3) is 0 Å². The van der Waals surface area contributed by atoms with E-state index >= 15 is 0 Å². The second-order valence-electron chi connectivity index (χ2n) is 3.88. The molecular weight excluding hydrogens is 265 g/mol. The smallest absolute Gasteiger partial charge is 0.545 e. The largest absolute Gasteiger partial charge is 1.00 e. The van der Waals surface area contributed by atoms with Crippen LogP contribution in [0.2, 0.25) is 0 Å². The van der Waals surface area contributed by atoms with E-state index in [0.717, 1.165) is 11.8 Å². The number of hydrogen-bond acceptors (Lipinski definition) is 4. The van der Waals surface area contributed by atoms with Crippen LogP contribution in [0.4, 0.5) is 5.69 Å². The van der Waals surface area contributed by atoms with Gasteiger partial charge in [-0.1, -0.05) is 36.4 Å². The average molecular weight is 275 g/mol. The number of aromatic carboxylic acids is 1. The Morgan fingerprint density at radius 3 is 2.00 bits per heavy atom. The molecule has 2 aromatic carbocycles. The number of carbonyl (C=O) groups excluding carboxylic acids is 2. The number of carbonyl (C=O) groups is 2. The van der Waals surface area contributed by atoms with E-state index in [-0.39, 0.29) is 35.1 Å². The van der Waals surface area contributed by atoms with Gasteiger partial charge in [0.25, 0.3) is 0 Å². The molecule has 0 bridgehead atoms. The van der Waals surface area contributed by atoms with Crippen molar-refractivity contribution >= 4 is 24.2 Å². The van der Waals surface area contributed by atoms with Gasteiger partial charge in [0, 0.05) is 11.8 Å². The van der Waals surface area contributed by atoms with Crippen molar-refractivity contribution in [1.29, 1.82) is 0 Å². The normalized spacial score (nSPS) is 10.0. The van der Waals surface area contributed by atoms with Crippen LogP contribution in [0.1, 0.15) is 26.3 Å². The maximum atomic E-state index is 10.6. The molecule has 0 heterocycles. The van der Waals surface area contributed by atoms with E-state index in [1.807, 2.05) is 0 Å². The minimum atomic E-state index is -1.21. The zero-order valence-corrected chi connectivity index (χ0v) is 12.9. The molecule has 0 radical (unpaired) electrons. The van der Waals surface area contributed by atoms with Crippen molar-refractivity contribution in [2.24, 2.45) is 4.99 Å². The summed E-state index contributed by atoms with van der Waals surface area (Å²) in [6, 6.07) is 13.0. The Kier molecular flexibility index (Phi) is 6.31. The van der Waals surface area contributed by atoms with Gasteiger partial charge in [-0.05, 0) is 23.3 Å². The summed E-state index contributed by atoms with van der Waals surface area (Å²) in [6.45, 7) is 0. The first kappa shape index (κ1) is 16.3. The van der Waals surface area contributed by atoms with Gasteiger partial charge in [0.05, 0.1) is 11.7 Å². The predicted octanol–water partition coefficient (Wildman–Crippen LogP) is -1.38. The number of benzene rings is 2. The molecule has 0 aliphatic carbocycles. The summed E-state index contributed by atoms with van der Waals surface area (Å²) in [5.74, 6) is -1.21. The van der Waals surface area contributed by atoms with Crippen LogP contribution in [0.3, 0.4) is 0 Å². The molecule has 2 aromatic rings. The minimum Gasteiger partial charge on any atom is -0.545 e. The molecule has 94 valence electrons. The molecule has 0 N–H and O–H groups in total. The Labute approximate surface area is 138 Å². The molecular formula is C15H10NNaO3. The maximum Gasteiger partial charge on any atom is 1.00 e. The number of rotatable bonds is 4. The number of carboxylic acids is 1. The predicted molar refractivity (Wildman–Crippen MR) is 69.9 cm³/mol. The van der Waals surface area contributed by atoms with Crippen molar-refractivity contribution in [2.75, 3.05) is 0 Å². The molecule has 0 unspecified atom stereocenters. The molecule has 0 atom stereocenters. The van der Waals surface area contributed by atoms with Crippen molar-refractivity contribution in [3.8, 4) is 0 Å². The number of aldehydes is 1. The zero-order valence-electron chi connectivity index (χ0n) is 10.9. The Morgan fingerprint density at radius 1 is 0.950 bits per heavy atom. The third-order valence-electron chi connectivity index (χ3n) is 2.54. The maximum absolute atomic E-state index is 10.6. The fourth-order valence-electron chi connectivity index (χ4n) is 1.49. The molecule has 0 aliphatic heterocycles. The third kappa shape index (κ3) is 4.42. The van der Waals surface area contributed by atoms with Gasteiger partial charge in [-0.2, -0.15) is 0 Å². The van der Waals surface area contributed by atoms with Crippen molar-refractivity contribution in [1.82, 2.24) is 0 Å². The molecule has 0 amide bonds. The second-order valence-corrected chi connectivity index (χ2v) is 3.88. The van der Waals surface area contributed by atoms with Gasteiger partial charge in [-0.3, -0.25) is 9.79 Å². The van der Waals surface area contributed by atoms with Crippen LogP contribution in [-0.4, -0.2) is 18.5 Å². The van der Waals surface area contributed by atoms with Crippen molar-refractivity contribution in [3.63, 3.8) is 0 Å². The molecule has 2 rings (SSSR count). The SMILES string of the molecule is O=Cc1ccc(C=Nc2ccc(C(=O)[O-])cc2)cc1.[Na+]. The van der Waals surface area contributed by atoms with Gasteiger partial charge >= 0.3 is 29.6 Å². The minimum absolute atomic E-state index is 0. The van der Waals surface area contributed by atoms with Gasteiger partial charge in [0.2, 0.25) is 0 Å². The van der Waals surface area contributed by atoms with E-state index in [1.165, 1.54) is 12.1 Å². The van der Waals surface area contributed by atoms with Crippen LogP contribution in [0.15, 0.2) is 53.5 Å². The molecule has 0 aromatic heterocycles. The van der Waals surface area contributed by atoms with Gasteiger partial charge in [0.1, 0.15) is 6.29 Å². The van der Waals surface area contributed by atoms with Crippen LogP contribution < -0.4 is 34.7 Å². The van der Waals surface area contributed by atoms with Gasteiger partial charge in [-0.15, -0.1) is 0 Å². The summed E-state index contributed by atoms with van der Waals surface area (Å²) in [4.78, 5) is 25.3. The van der Waals surface area contributed by atoms with E-state index in [9.17, 15) is 14.7 Å². The number of hydrogen-bond donors (Lipinski definition) is 0. The Morgan fingerprint density at radius 2 is 1.50 bits per heavy atom. The summed E-state index contributed by atoms with van der Waals surface area (Å²) < 4.78 is 0. The molecule has 0 spiro atoms. The first-order valence-electron chi connectivity index (χ1n) is 5.60. The summed E-state index contributed by atoms with van der Waals surface area (Å²) in [5.41, 5.74) is 2.23. The van der Waals surface area contributed by atoms with E-state index in [2.05, 4.69) is 4.99 Å². The summed E-state index contributed by atoms with van der Waals surface area (Å²) in [5, 5.41) is 10.6. The number of carboxylic acid groups (broad SMARTS) is 1. The van der Waals surface area contributed by atoms with Crippen LogP contribution in [0, 0.1) is 0 Å². The molecule has 0 saturated heterocycles. The van der Waals surface area contributed by atoms with Crippen LogP contribution in [-0.2, 0) is 0 Å². The molecule has 0 aliphatic rings. The zero-order chi connectivity index (χ0) is 13.7. The Bertz CT molecular complexity index is 619. The van der Waals surface area contributed by atoms with E-state index in [4.69, 9.17) is 0 Å². The van der Waals surface area contributed by atoms with Crippen LogP contribution in [0.5, 0.6) is 0 Å². The van der Waals surface area contributed by atoms with Crippen LogP contribution >= 0.6 is 0 Å². The van der Waals surface area contributed by atoms with E-state index < -0.39 is 5.97 Å². The standard InChI is InChI=1S/C15H11NO3.Na/c17-10-12-3-1-11(2-4-12)9-16-14-7-5-13(6-8-14)15(18)19;/h1-10H,(H,18,19);/q;+1/p-1. The Hall–Kier alpha value is -1.75. The van der Waals surface area contributed by atoms with Crippen molar-refractivity contribution < 1.29 is 44.3 Å². The third-order valence-corrected chi connectivity index (χ3v) is 2.54.